The van der Waals surface area contributed by atoms with Gasteiger partial charge >= 0.3 is 0 Å². The fraction of sp³-hybridized carbons (Fsp3) is 0.286. The topological polar surface area (TPSA) is 0 Å². The Bertz CT molecular complexity index is 60.4. The molecule has 0 aromatic heterocycles. The third kappa shape index (κ3) is 5.35. The summed E-state index contributed by atoms with van der Waals surface area (Å²) >= 11 is 0. The standard InChI is InChI=1S/C7H11/c1-3-5-7-6-4-2/h3,5-7H,1,4H2,2H3/q-1/b7-6+. The van der Waals surface area contributed by atoms with Gasteiger partial charge in [0.05, 0.1) is 0 Å². The van der Waals surface area contributed by atoms with Crippen molar-refractivity contribution < 1.29 is 0 Å². The van der Waals surface area contributed by atoms with Crippen LogP contribution in [0.3, 0.4) is 0 Å². The average molecular weight is 95.2 g/mol. The van der Waals surface area contributed by atoms with E-state index >= 15 is 0 Å². The summed E-state index contributed by atoms with van der Waals surface area (Å²) in [4.78, 5) is 0. The van der Waals surface area contributed by atoms with Crippen molar-refractivity contribution in [2.24, 2.45) is 0 Å². The lowest BCUT2D eigenvalue weighted by atomic mass is 10.3. The van der Waals surface area contributed by atoms with Crippen LogP contribution in [0.1, 0.15) is 13.3 Å². The second-order valence-corrected chi connectivity index (χ2v) is 1.26. The lowest BCUT2D eigenvalue weighted by Gasteiger charge is -1.84. The molecule has 0 bridgehead atoms. The van der Waals surface area contributed by atoms with Gasteiger partial charge in [0, 0.05) is 0 Å². The van der Waals surface area contributed by atoms with Crippen molar-refractivity contribution >= 4 is 0 Å². The van der Waals surface area contributed by atoms with Crippen LogP contribution in [0, 0.1) is 6.42 Å². The highest BCUT2D eigenvalue weighted by molar-refractivity contribution is 5.04. The Morgan fingerprint density at radius 2 is 2.43 bits per heavy atom. The van der Waals surface area contributed by atoms with Gasteiger partial charge in [0.2, 0.25) is 0 Å². The van der Waals surface area contributed by atoms with Crippen LogP contribution in [-0.4, -0.2) is 0 Å². The normalized spacial score (nSPS) is 9.29. The quantitative estimate of drug-likeness (QED) is 0.472. The van der Waals surface area contributed by atoms with E-state index in [0.717, 1.165) is 6.42 Å². The lowest BCUT2D eigenvalue weighted by molar-refractivity contribution is 1.22. The van der Waals surface area contributed by atoms with Crippen molar-refractivity contribution in [1.82, 2.24) is 0 Å². The monoisotopic (exact) mass is 95.1 g/mol. The maximum absolute atomic E-state index is 3.53. The van der Waals surface area contributed by atoms with E-state index in [1.165, 1.54) is 0 Å². The lowest BCUT2D eigenvalue weighted by Crippen LogP contribution is -1.55. The number of rotatable bonds is 3. The predicted octanol–water partition coefficient (Wildman–Crippen LogP) is 2.34. The van der Waals surface area contributed by atoms with Crippen molar-refractivity contribution in [2.75, 3.05) is 0 Å². The zero-order chi connectivity index (χ0) is 5.54. The molecule has 0 atom stereocenters. The molecule has 0 N–H and O–H groups in total. The molecule has 0 fully saturated rings. The van der Waals surface area contributed by atoms with Gasteiger partial charge in [-0.15, -0.1) is 0 Å². The molecular weight excluding hydrogens is 84.1 g/mol. The molecule has 0 aliphatic rings. The van der Waals surface area contributed by atoms with Crippen molar-refractivity contribution in [3.8, 4) is 0 Å². The maximum Gasteiger partial charge on any atom is -0.0724 e. The average Bonchev–Trinajstić information content (AvgIpc) is 1.69. The smallest absolute Gasteiger partial charge is 0.0724 e. The van der Waals surface area contributed by atoms with Crippen molar-refractivity contribution in [3.05, 3.63) is 31.2 Å². The van der Waals surface area contributed by atoms with Crippen LogP contribution in [0.15, 0.2) is 24.8 Å². The van der Waals surface area contributed by atoms with Crippen LogP contribution in [0.5, 0.6) is 0 Å². The van der Waals surface area contributed by atoms with E-state index in [2.05, 4.69) is 19.6 Å². The summed E-state index contributed by atoms with van der Waals surface area (Å²) in [5.74, 6) is 0. The highest BCUT2D eigenvalue weighted by Crippen LogP contribution is 1.82. The summed E-state index contributed by atoms with van der Waals surface area (Å²) < 4.78 is 0. The zero-order valence-electron chi connectivity index (χ0n) is 4.72. The first-order valence-corrected chi connectivity index (χ1v) is 2.52. The second-order valence-electron chi connectivity index (χ2n) is 1.26. The fourth-order valence-electron chi connectivity index (χ4n) is 0.293. The Morgan fingerprint density at radius 3 is 2.86 bits per heavy atom. The third-order valence-corrected chi connectivity index (χ3v) is 0.619. The molecule has 0 spiro atoms. The Kier molecular flexibility index (Phi) is 4.85. The molecule has 0 saturated heterocycles. The van der Waals surface area contributed by atoms with Crippen molar-refractivity contribution in [2.45, 2.75) is 13.3 Å². The van der Waals surface area contributed by atoms with Gasteiger partial charge in [-0.05, 0) is 0 Å². The molecule has 0 unspecified atom stereocenters. The molecular formula is C7H11-. The number of allylic oxidation sites excluding steroid dienone is 3. The zero-order valence-corrected chi connectivity index (χ0v) is 4.72. The predicted molar refractivity (Wildman–Crippen MR) is 33.9 cm³/mol. The van der Waals surface area contributed by atoms with Gasteiger partial charge < -0.3 is 0 Å². The Balaban J connectivity index is 2.92. The van der Waals surface area contributed by atoms with Gasteiger partial charge in [-0.1, -0.05) is 13.3 Å². The molecule has 0 aliphatic heterocycles. The molecule has 0 aliphatic carbocycles. The van der Waals surface area contributed by atoms with Crippen LogP contribution in [-0.2, 0) is 0 Å². The maximum atomic E-state index is 3.53. The van der Waals surface area contributed by atoms with Gasteiger partial charge in [-0.25, -0.2) is 0 Å². The molecule has 40 valence electrons. The van der Waals surface area contributed by atoms with Crippen molar-refractivity contribution in [3.63, 3.8) is 0 Å². The molecule has 0 aromatic carbocycles. The minimum Gasteiger partial charge on any atom is -0.194 e. The van der Waals surface area contributed by atoms with Gasteiger partial charge in [0.25, 0.3) is 0 Å². The molecule has 0 amide bonds. The number of hydrogen-bond donors (Lipinski definition) is 0. The molecule has 0 heterocycles. The Hall–Kier alpha value is -0.650. The van der Waals surface area contributed by atoms with Crippen LogP contribution < -0.4 is 0 Å². The molecule has 0 radical (unpaired) electrons. The van der Waals surface area contributed by atoms with E-state index in [-0.39, 0.29) is 0 Å². The van der Waals surface area contributed by atoms with E-state index in [4.69, 9.17) is 0 Å². The Morgan fingerprint density at radius 1 is 1.71 bits per heavy atom. The minimum atomic E-state index is 1.10. The summed E-state index contributed by atoms with van der Waals surface area (Å²) in [5, 5.41) is 0. The summed E-state index contributed by atoms with van der Waals surface area (Å²) in [5.41, 5.74) is 0. The van der Waals surface area contributed by atoms with Gasteiger partial charge in [0.15, 0.2) is 0 Å². The summed E-state index contributed by atoms with van der Waals surface area (Å²) in [6, 6.07) is 0. The number of hydrogen-bond acceptors (Lipinski definition) is 0. The first kappa shape index (κ1) is 6.35. The van der Waals surface area contributed by atoms with Gasteiger partial charge in [-0.2, -0.15) is 31.2 Å². The summed E-state index contributed by atoms with van der Waals surface area (Å²) in [6.07, 6.45) is 8.87. The minimum absolute atomic E-state index is 1.10. The first-order chi connectivity index (χ1) is 3.41. The Labute approximate surface area is 45.5 Å². The molecule has 0 saturated carbocycles. The molecule has 0 rings (SSSR count). The molecule has 0 heteroatoms. The third-order valence-electron chi connectivity index (χ3n) is 0.619. The summed E-state index contributed by atoms with van der Waals surface area (Å²) in [7, 11) is 0. The van der Waals surface area contributed by atoms with E-state index in [1.807, 2.05) is 12.5 Å². The largest absolute Gasteiger partial charge is 0.194 e. The van der Waals surface area contributed by atoms with E-state index < -0.39 is 0 Å². The first-order valence-electron chi connectivity index (χ1n) is 2.52. The van der Waals surface area contributed by atoms with E-state index in [1.54, 1.807) is 6.08 Å². The molecule has 0 aromatic rings. The van der Waals surface area contributed by atoms with E-state index in [0.29, 0.717) is 0 Å². The SMILES string of the molecule is C=C[CH-]/C=C/CC. The fourth-order valence-corrected chi connectivity index (χ4v) is 0.293. The van der Waals surface area contributed by atoms with Gasteiger partial charge in [0.1, 0.15) is 0 Å². The highest BCUT2D eigenvalue weighted by Gasteiger charge is 1.54. The summed E-state index contributed by atoms with van der Waals surface area (Å²) in [6.45, 7) is 5.63. The molecule has 0 nitrogen and oxygen atoms in total. The van der Waals surface area contributed by atoms with Crippen LogP contribution in [0.25, 0.3) is 0 Å². The highest BCUT2D eigenvalue weighted by atomic mass is 13.7. The second kappa shape index (κ2) is 5.35. The van der Waals surface area contributed by atoms with Crippen LogP contribution in [0.2, 0.25) is 0 Å². The van der Waals surface area contributed by atoms with Crippen LogP contribution >= 0.6 is 0 Å². The van der Waals surface area contributed by atoms with Crippen LogP contribution in [0.4, 0.5) is 0 Å². The van der Waals surface area contributed by atoms with E-state index in [9.17, 15) is 0 Å². The van der Waals surface area contributed by atoms with Gasteiger partial charge in [-0.3, -0.25) is 0 Å². The van der Waals surface area contributed by atoms with Crippen molar-refractivity contribution in [1.29, 1.82) is 0 Å². The molecule has 7 heavy (non-hydrogen) atoms.